The summed E-state index contributed by atoms with van der Waals surface area (Å²) in [6.07, 6.45) is 2.31. The highest BCUT2D eigenvalue weighted by Crippen LogP contribution is 2.32. The normalized spacial score (nSPS) is 22.5. The first-order valence-electron chi connectivity index (χ1n) is 6.82. The standard InChI is InChI=1S/C14H22N2O2S/c1-4-10-7-12(15)11(5-2)14(8-10)19(17,18)16-13-6-9(13)3/h7-9,13,16H,4-6,15H2,1-3H3. The van der Waals surface area contributed by atoms with Crippen LogP contribution in [0.2, 0.25) is 0 Å². The van der Waals surface area contributed by atoms with Gasteiger partial charge in [0.25, 0.3) is 0 Å². The number of hydrogen-bond donors (Lipinski definition) is 2. The van der Waals surface area contributed by atoms with E-state index in [0.29, 0.717) is 22.9 Å². The number of nitrogens with two attached hydrogens (primary N) is 1. The lowest BCUT2D eigenvalue weighted by Crippen LogP contribution is -2.28. The van der Waals surface area contributed by atoms with Crippen molar-refractivity contribution < 1.29 is 8.42 Å². The van der Waals surface area contributed by atoms with Gasteiger partial charge in [-0.3, -0.25) is 0 Å². The smallest absolute Gasteiger partial charge is 0.241 e. The van der Waals surface area contributed by atoms with Crippen LogP contribution >= 0.6 is 0 Å². The summed E-state index contributed by atoms with van der Waals surface area (Å²) in [6, 6.07) is 3.71. The van der Waals surface area contributed by atoms with Gasteiger partial charge in [0, 0.05) is 11.7 Å². The minimum absolute atomic E-state index is 0.0845. The van der Waals surface area contributed by atoms with E-state index < -0.39 is 10.0 Å². The Kier molecular flexibility index (Phi) is 3.87. The van der Waals surface area contributed by atoms with Gasteiger partial charge in [-0.1, -0.05) is 20.8 Å². The van der Waals surface area contributed by atoms with E-state index in [4.69, 9.17) is 5.73 Å². The molecule has 2 rings (SSSR count). The molecule has 0 saturated heterocycles. The summed E-state index contributed by atoms with van der Waals surface area (Å²) in [5.74, 6) is 0.437. The topological polar surface area (TPSA) is 72.2 Å². The third kappa shape index (κ3) is 2.92. The van der Waals surface area contributed by atoms with Gasteiger partial charge < -0.3 is 5.73 Å². The van der Waals surface area contributed by atoms with E-state index in [1.165, 1.54) is 0 Å². The number of hydrogen-bond acceptors (Lipinski definition) is 3. The third-order valence-corrected chi connectivity index (χ3v) is 5.33. The van der Waals surface area contributed by atoms with Crippen LogP contribution in [-0.4, -0.2) is 14.5 Å². The highest BCUT2D eigenvalue weighted by atomic mass is 32.2. The summed E-state index contributed by atoms with van der Waals surface area (Å²) < 4.78 is 27.7. The Labute approximate surface area is 115 Å². The van der Waals surface area contributed by atoms with E-state index in [1.807, 2.05) is 26.8 Å². The molecule has 0 heterocycles. The van der Waals surface area contributed by atoms with Crippen molar-refractivity contribution in [3.63, 3.8) is 0 Å². The van der Waals surface area contributed by atoms with Crippen LogP contribution in [0.5, 0.6) is 0 Å². The fourth-order valence-electron chi connectivity index (χ4n) is 2.30. The molecular formula is C14H22N2O2S. The van der Waals surface area contributed by atoms with E-state index in [1.54, 1.807) is 6.07 Å². The third-order valence-electron chi connectivity index (χ3n) is 3.77. The average Bonchev–Trinajstić information content (AvgIpc) is 3.02. The first kappa shape index (κ1) is 14.3. The molecule has 19 heavy (non-hydrogen) atoms. The van der Waals surface area contributed by atoms with Gasteiger partial charge in [-0.2, -0.15) is 0 Å². The summed E-state index contributed by atoms with van der Waals surface area (Å²) >= 11 is 0. The fourth-order valence-corrected chi connectivity index (χ4v) is 4.04. The molecule has 0 aromatic heterocycles. The lowest BCUT2D eigenvalue weighted by molar-refractivity contribution is 0.577. The van der Waals surface area contributed by atoms with Crippen molar-refractivity contribution in [3.05, 3.63) is 23.3 Å². The van der Waals surface area contributed by atoms with Gasteiger partial charge in [-0.15, -0.1) is 0 Å². The van der Waals surface area contributed by atoms with Gasteiger partial charge in [0.2, 0.25) is 10.0 Å². The Balaban J connectivity index is 2.44. The molecule has 106 valence electrons. The van der Waals surface area contributed by atoms with Crippen LogP contribution in [-0.2, 0) is 22.9 Å². The minimum atomic E-state index is -3.46. The van der Waals surface area contributed by atoms with Crippen molar-refractivity contribution in [1.29, 1.82) is 0 Å². The molecule has 1 aromatic carbocycles. The zero-order valence-electron chi connectivity index (χ0n) is 11.7. The molecule has 5 heteroatoms. The van der Waals surface area contributed by atoms with Crippen molar-refractivity contribution in [2.75, 3.05) is 5.73 Å². The second kappa shape index (κ2) is 5.13. The van der Waals surface area contributed by atoms with Crippen LogP contribution in [0.15, 0.2) is 17.0 Å². The van der Waals surface area contributed by atoms with Crippen molar-refractivity contribution in [2.24, 2.45) is 5.92 Å². The molecule has 0 amide bonds. The van der Waals surface area contributed by atoms with Crippen LogP contribution in [0.25, 0.3) is 0 Å². The highest BCUT2D eigenvalue weighted by Gasteiger charge is 2.37. The number of sulfonamides is 1. The van der Waals surface area contributed by atoms with Gasteiger partial charge in [0.05, 0.1) is 4.90 Å². The number of nitrogen functional groups attached to an aromatic ring is 1. The maximum atomic E-state index is 12.5. The molecule has 1 saturated carbocycles. The number of rotatable bonds is 5. The quantitative estimate of drug-likeness (QED) is 0.812. The Hall–Kier alpha value is -1.07. The molecular weight excluding hydrogens is 260 g/mol. The minimum Gasteiger partial charge on any atom is -0.398 e. The van der Waals surface area contributed by atoms with E-state index in [0.717, 1.165) is 24.0 Å². The Morgan fingerprint density at radius 3 is 2.42 bits per heavy atom. The number of aryl methyl sites for hydroxylation is 1. The monoisotopic (exact) mass is 282 g/mol. The van der Waals surface area contributed by atoms with E-state index in [-0.39, 0.29) is 6.04 Å². The lowest BCUT2D eigenvalue weighted by Gasteiger charge is -2.14. The zero-order chi connectivity index (χ0) is 14.2. The van der Waals surface area contributed by atoms with Crippen LogP contribution < -0.4 is 10.5 Å². The van der Waals surface area contributed by atoms with Gasteiger partial charge in [0.1, 0.15) is 0 Å². The van der Waals surface area contributed by atoms with Crippen LogP contribution in [0.3, 0.4) is 0 Å². The summed E-state index contributed by atoms with van der Waals surface area (Å²) in [5, 5.41) is 0. The number of anilines is 1. The second-order valence-corrected chi connectivity index (χ2v) is 6.99. The molecule has 2 atom stereocenters. The molecule has 0 bridgehead atoms. The maximum Gasteiger partial charge on any atom is 0.241 e. The van der Waals surface area contributed by atoms with E-state index in [9.17, 15) is 8.42 Å². The maximum absolute atomic E-state index is 12.5. The summed E-state index contributed by atoms with van der Waals surface area (Å²) in [6.45, 7) is 5.97. The number of nitrogens with one attached hydrogen (secondary N) is 1. The summed E-state index contributed by atoms with van der Waals surface area (Å²) in [5.41, 5.74) is 8.24. The van der Waals surface area contributed by atoms with Crippen LogP contribution in [0.1, 0.15) is 38.3 Å². The van der Waals surface area contributed by atoms with Gasteiger partial charge >= 0.3 is 0 Å². The molecule has 0 radical (unpaired) electrons. The van der Waals surface area contributed by atoms with Gasteiger partial charge in [-0.25, -0.2) is 13.1 Å². The molecule has 4 nitrogen and oxygen atoms in total. The second-order valence-electron chi connectivity index (χ2n) is 5.31. The fraction of sp³-hybridized carbons (Fsp3) is 0.571. The van der Waals surface area contributed by atoms with Gasteiger partial charge in [0.15, 0.2) is 0 Å². The molecule has 0 aliphatic heterocycles. The largest absolute Gasteiger partial charge is 0.398 e. The predicted octanol–water partition coefficient (Wildman–Crippen LogP) is 2.08. The van der Waals surface area contributed by atoms with Crippen LogP contribution in [0.4, 0.5) is 5.69 Å². The van der Waals surface area contributed by atoms with E-state index >= 15 is 0 Å². The SMILES string of the molecule is CCc1cc(N)c(CC)c(S(=O)(=O)NC2CC2C)c1. The van der Waals surface area contributed by atoms with Crippen molar-refractivity contribution in [2.45, 2.75) is 51.0 Å². The predicted molar refractivity (Wildman–Crippen MR) is 77.5 cm³/mol. The molecule has 1 aromatic rings. The number of benzene rings is 1. The Bertz CT molecular complexity index is 581. The first-order chi connectivity index (χ1) is 8.89. The lowest BCUT2D eigenvalue weighted by atomic mass is 10.1. The highest BCUT2D eigenvalue weighted by molar-refractivity contribution is 7.89. The average molecular weight is 282 g/mol. The zero-order valence-corrected chi connectivity index (χ0v) is 12.5. The summed E-state index contributed by atoms with van der Waals surface area (Å²) in [4.78, 5) is 0.353. The molecule has 0 spiro atoms. The van der Waals surface area contributed by atoms with Crippen LogP contribution in [0, 0.1) is 5.92 Å². The Morgan fingerprint density at radius 2 is 1.95 bits per heavy atom. The van der Waals surface area contributed by atoms with Crippen molar-refractivity contribution in [3.8, 4) is 0 Å². The molecule has 2 unspecified atom stereocenters. The van der Waals surface area contributed by atoms with E-state index in [2.05, 4.69) is 4.72 Å². The molecule has 1 aliphatic rings. The van der Waals surface area contributed by atoms with Gasteiger partial charge in [-0.05, 0) is 48.4 Å². The molecule has 1 fully saturated rings. The van der Waals surface area contributed by atoms with Crippen molar-refractivity contribution >= 4 is 15.7 Å². The Morgan fingerprint density at radius 1 is 1.32 bits per heavy atom. The molecule has 3 N–H and O–H groups in total. The summed E-state index contributed by atoms with van der Waals surface area (Å²) in [7, 11) is -3.46. The molecule has 1 aliphatic carbocycles. The first-order valence-corrected chi connectivity index (χ1v) is 8.31. The van der Waals surface area contributed by atoms with Crippen molar-refractivity contribution in [1.82, 2.24) is 4.72 Å².